The molecule has 0 saturated carbocycles. The zero-order valence-corrected chi connectivity index (χ0v) is 26.1. The zero-order chi connectivity index (χ0) is 32.6. The van der Waals surface area contributed by atoms with Crippen molar-refractivity contribution in [1.82, 2.24) is 24.8 Å². The molecule has 7 N–H and O–H groups in total. The van der Waals surface area contributed by atoms with Gasteiger partial charge in [-0.2, -0.15) is 0 Å². The number of aliphatic hydroxyl groups excluding tert-OH is 2. The third-order valence-corrected chi connectivity index (χ3v) is 8.32. The fourth-order valence-corrected chi connectivity index (χ4v) is 5.78. The topological polar surface area (TPSA) is 173 Å². The number of imidazole rings is 1. The maximum Gasteiger partial charge on any atom is 0.207 e. The van der Waals surface area contributed by atoms with Crippen molar-refractivity contribution in [1.29, 1.82) is 0 Å². The number of benzene rings is 3. The summed E-state index contributed by atoms with van der Waals surface area (Å²) in [6.07, 6.45) is 3.85. The number of anilines is 2. The molecule has 0 amide bonds. The second-order valence-electron chi connectivity index (χ2n) is 11.7. The third-order valence-electron chi connectivity index (χ3n) is 8.32. The van der Waals surface area contributed by atoms with Crippen LogP contribution < -0.4 is 21.1 Å². The van der Waals surface area contributed by atoms with Gasteiger partial charge in [-0.15, -0.1) is 0 Å². The van der Waals surface area contributed by atoms with Gasteiger partial charge in [-0.1, -0.05) is 48.5 Å². The molecule has 47 heavy (non-hydrogen) atoms. The summed E-state index contributed by atoms with van der Waals surface area (Å²) in [6, 6.07) is 23.4. The number of aliphatic hydroxyl groups is 2. The first-order valence-electron chi connectivity index (χ1n) is 15.9. The van der Waals surface area contributed by atoms with Gasteiger partial charge in [0.05, 0.1) is 25.9 Å². The number of nitrogens with two attached hydrogens (primary N) is 1. The first-order valence-corrected chi connectivity index (χ1v) is 15.9. The molecule has 3 aromatic carbocycles. The van der Waals surface area contributed by atoms with Gasteiger partial charge in [-0.25, -0.2) is 15.0 Å². The normalized spacial score (nSPS) is 16.8. The number of nitrogens with one attached hydrogen (secondary N) is 2. The van der Waals surface area contributed by atoms with Crippen LogP contribution in [0.5, 0.6) is 11.5 Å². The number of ether oxygens (including phenoxy) is 2. The highest BCUT2D eigenvalue weighted by atomic mass is 16.5. The lowest BCUT2D eigenvalue weighted by Crippen LogP contribution is -2.35. The molecule has 246 valence electrons. The molecule has 12 heteroatoms. The van der Waals surface area contributed by atoms with Crippen LogP contribution in [0.4, 0.5) is 11.8 Å². The molecule has 1 saturated heterocycles. The van der Waals surface area contributed by atoms with Gasteiger partial charge < -0.3 is 41.2 Å². The number of hydrogen-bond donors (Lipinski definition) is 6. The average molecular weight is 640 g/mol. The van der Waals surface area contributed by atoms with E-state index in [-0.39, 0.29) is 37.3 Å². The molecular formula is C35H41N7O5. The third kappa shape index (κ3) is 7.98. The molecule has 1 aliphatic heterocycles. The van der Waals surface area contributed by atoms with Crippen molar-refractivity contribution in [3.63, 3.8) is 0 Å². The molecule has 6 rings (SSSR count). The van der Waals surface area contributed by atoms with E-state index in [1.165, 1.54) is 6.33 Å². The van der Waals surface area contributed by atoms with E-state index in [1.807, 2.05) is 34.9 Å². The second kappa shape index (κ2) is 15.2. The number of rotatable bonds is 15. The minimum atomic E-state index is -0.309. The summed E-state index contributed by atoms with van der Waals surface area (Å²) in [4.78, 5) is 13.2. The van der Waals surface area contributed by atoms with Crippen LogP contribution in [0.25, 0.3) is 22.3 Å². The van der Waals surface area contributed by atoms with Crippen LogP contribution in [0.15, 0.2) is 79.1 Å². The van der Waals surface area contributed by atoms with Gasteiger partial charge in [-0.3, -0.25) is 4.57 Å². The summed E-state index contributed by atoms with van der Waals surface area (Å²) in [5, 5.41) is 35.6. The zero-order valence-electron chi connectivity index (χ0n) is 26.1. The van der Waals surface area contributed by atoms with Crippen LogP contribution in [0.1, 0.15) is 36.6 Å². The molecule has 0 unspecified atom stereocenters. The number of phenols is 1. The Morgan fingerprint density at radius 2 is 1.79 bits per heavy atom. The molecule has 0 bridgehead atoms. The molecule has 0 spiro atoms. The lowest BCUT2D eigenvalue weighted by molar-refractivity contribution is -0.0197. The second-order valence-corrected chi connectivity index (χ2v) is 11.7. The molecule has 1 fully saturated rings. The van der Waals surface area contributed by atoms with Gasteiger partial charge in [0.25, 0.3) is 0 Å². The van der Waals surface area contributed by atoms with Crippen LogP contribution >= 0.6 is 0 Å². The predicted molar refractivity (Wildman–Crippen MR) is 180 cm³/mol. The molecule has 12 nitrogen and oxygen atoms in total. The summed E-state index contributed by atoms with van der Waals surface area (Å²) in [5.41, 5.74) is 11.5. The number of aromatic nitrogens is 4. The lowest BCUT2D eigenvalue weighted by atomic mass is 10.0. The van der Waals surface area contributed by atoms with Crippen molar-refractivity contribution in [2.24, 2.45) is 0 Å². The minimum Gasteiger partial charge on any atom is -0.508 e. The van der Waals surface area contributed by atoms with Crippen molar-refractivity contribution in [2.75, 3.05) is 37.4 Å². The number of hydrogen-bond acceptors (Lipinski definition) is 11. The fourth-order valence-electron chi connectivity index (χ4n) is 5.78. The van der Waals surface area contributed by atoms with E-state index in [0.29, 0.717) is 49.0 Å². The SMILES string of the molecule is Nc1ncnc2c1nc(NCc1ccc(-c3cccc(OCCCN[C@H](CO)Cc4ccc(O)cc4)c3)cc1)n2[C@H]1CC[C@@H](CO)O1. The Balaban J connectivity index is 1.02. The van der Waals surface area contributed by atoms with E-state index in [4.69, 9.17) is 15.2 Å². The van der Waals surface area contributed by atoms with Crippen LogP contribution in [0.2, 0.25) is 0 Å². The number of nitrogens with zero attached hydrogens (tertiary/aromatic N) is 4. The van der Waals surface area contributed by atoms with Gasteiger partial charge in [0.15, 0.2) is 17.0 Å². The summed E-state index contributed by atoms with van der Waals surface area (Å²) in [7, 11) is 0. The van der Waals surface area contributed by atoms with Crippen LogP contribution in [0.3, 0.4) is 0 Å². The highest BCUT2D eigenvalue weighted by Gasteiger charge is 2.30. The largest absolute Gasteiger partial charge is 0.508 e. The maximum absolute atomic E-state index is 9.75. The predicted octanol–water partition coefficient (Wildman–Crippen LogP) is 4.03. The standard InChI is InChI=1S/C35H41N7O5/c36-33-32-34(40-22-39-33)42(31-14-13-30(21-44)47-31)35(41-32)38-19-24-5-9-25(10-6-24)26-3-1-4-29(18-26)46-16-2-15-37-27(20-43)17-23-7-11-28(45)12-8-23/h1,3-12,18,22,27,30-31,37,43-45H,2,13-17,19-21H2,(H,38,41)(H2,36,39,40)/t27-,30-,31+/m0/s1. The fraction of sp³-hybridized carbons (Fsp3) is 0.343. The molecule has 3 heterocycles. The Morgan fingerprint density at radius 1 is 0.979 bits per heavy atom. The number of aromatic hydroxyl groups is 1. The molecular weight excluding hydrogens is 598 g/mol. The van der Waals surface area contributed by atoms with E-state index in [0.717, 1.165) is 47.3 Å². The molecule has 1 aliphatic rings. The van der Waals surface area contributed by atoms with Crippen molar-refractivity contribution < 1.29 is 24.8 Å². The van der Waals surface area contributed by atoms with Crippen molar-refractivity contribution in [3.05, 3.63) is 90.3 Å². The highest BCUT2D eigenvalue weighted by molar-refractivity contribution is 5.84. The minimum absolute atomic E-state index is 0.0302. The number of nitrogen functional groups attached to an aromatic ring is 1. The summed E-state index contributed by atoms with van der Waals surface area (Å²) in [5.74, 6) is 1.93. The average Bonchev–Trinajstić information content (AvgIpc) is 3.73. The first kappa shape index (κ1) is 32.2. The van der Waals surface area contributed by atoms with E-state index in [9.17, 15) is 15.3 Å². The maximum atomic E-state index is 9.75. The molecule has 5 aromatic rings. The Hall–Kier alpha value is -4.75. The highest BCUT2D eigenvalue weighted by Crippen LogP contribution is 2.34. The van der Waals surface area contributed by atoms with Gasteiger partial charge >= 0.3 is 0 Å². The summed E-state index contributed by atoms with van der Waals surface area (Å²) in [6.45, 7) is 1.79. The van der Waals surface area contributed by atoms with E-state index >= 15 is 0 Å². The van der Waals surface area contributed by atoms with Gasteiger partial charge in [0.2, 0.25) is 5.95 Å². The van der Waals surface area contributed by atoms with Gasteiger partial charge in [0.1, 0.15) is 24.1 Å². The van der Waals surface area contributed by atoms with E-state index in [1.54, 1.807) is 12.1 Å². The summed E-state index contributed by atoms with van der Waals surface area (Å²) >= 11 is 0. The quantitative estimate of drug-likeness (QED) is 0.0914. The van der Waals surface area contributed by atoms with E-state index < -0.39 is 0 Å². The van der Waals surface area contributed by atoms with Crippen LogP contribution in [-0.4, -0.2) is 73.3 Å². The van der Waals surface area contributed by atoms with E-state index in [2.05, 4.69) is 55.9 Å². The lowest BCUT2D eigenvalue weighted by Gasteiger charge is -2.17. The Kier molecular flexibility index (Phi) is 10.4. The Morgan fingerprint density at radius 3 is 2.55 bits per heavy atom. The molecule has 2 aromatic heterocycles. The van der Waals surface area contributed by atoms with Crippen molar-refractivity contribution in [2.45, 2.75) is 50.6 Å². The summed E-state index contributed by atoms with van der Waals surface area (Å²) < 4.78 is 14.0. The number of phenolic OH excluding ortho intramolecular Hbond substituents is 1. The Bertz CT molecular complexity index is 1750. The molecule has 3 atom stereocenters. The van der Waals surface area contributed by atoms with Crippen LogP contribution in [-0.2, 0) is 17.7 Å². The first-order chi connectivity index (χ1) is 23.0. The van der Waals surface area contributed by atoms with Crippen LogP contribution in [0, 0.1) is 0 Å². The monoisotopic (exact) mass is 639 g/mol. The van der Waals surface area contributed by atoms with Crippen molar-refractivity contribution >= 4 is 22.9 Å². The molecule has 0 aliphatic carbocycles. The van der Waals surface area contributed by atoms with Crippen molar-refractivity contribution in [3.8, 4) is 22.6 Å². The number of fused-ring (bicyclic) bond motifs is 1. The van der Waals surface area contributed by atoms with Gasteiger partial charge in [-0.05, 0) is 78.7 Å². The smallest absolute Gasteiger partial charge is 0.207 e. The molecule has 0 radical (unpaired) electrons. The van der Waals surface area contributed by atoms with Gasteiger partial charge in [0, 0.05) is 12.6 Å². The Labute approximate surface area is 273 Å².